The Hall–Kier alpha value is -1.44. The smallest absolute Gasteiger partial charge is 0.243 e. The maximum absolute atomic E-state index is 12.7. The molecule has 2 heterocycles. The number of carbonyl (C=O) groups excluding carboxylic acids is 1. The molecule has 0 aromatic heterocycles. The monoisotopic (exact) mass is 351 g/mol. The molecule has 0 spiro atoms. The number of amides is 1. The van der Waals surface area contributed by atoms with Gasteiger partial charge in [-0.15, -0.1) is 0 Å². The second-order valence-electron chi connectivity index (χ2n) is 6.45. The number of nitrogens with zero attached hydrogens (tertiary/aromatic N) is 2. The minimum atomic E-state index is -3.47. The molecule has 1 amide bonds. The third kappa shape index (κ3) is 3.96. The van der Waals surface area contributed by atoms with E-state index in [1.807, 2.05) is 4.90 Å². The summed E-state index contributed by atoms with van der Waals surface area (Å²) < 4.78 is 26.9. The minimum absolute atomic E-state index is 0.133. The van der Waals surface area contributed by atoms with Crippen LogP contribution >= 0.6 is 0 Å². The summed E-state index contributed by atoms with van der Waals surface area (Å²) in [6, 6.07) is 8.79. The summed E-state index contributed by atoms with van der Waals surface area (Å²) in [5.41, 5.74) is 0. The molecule has 2 saturated heterocycles. The highest BCUT2D eigenvalue weighted by atomic mass is 32.2. The Morgan fingerprint density at radius 1 is 1.08 bits per heavy atom. The second-order valence-corrected chi connectivity index (χ2v) is 8.39. The largest absolute Gasteiger partial charge is 0.341 e. The lowest BCUT2D eigenvalue weighted by molar-refractivity contribution is -0.131. The quantitative estimate of drug-likeness (QED) is 0.880. The Morgan fingerprint density at radius 2 is 1.88 bits per heavy atom. The van der Waals surface area contributed by atoms with Crippen LogP contribution in [0.5, 0.6) is 0 Å². The molecule has 2 fully saturated rings. The highest BCUT2D eigenvalue weighted by Crippen LogP contribution is 2.18. The van der Waals surface area contributed by atoms with Crippen LogP contribution in [0.4, 0.5) is 0 Å². The van der Waals surface area contributed by atoms with Crippen molar-refractivity contribution >= 4 is 15.9 Å². The molecule has 0 aliphatic carbocycles. The van der Waals surface area contributed by atoms with Gasteiger partial charge in [-0.25, -0.2) is 8.42 Å². The van der Waals surface area contributed by atoms with Gasteiger partial charge in [0.2, 0.25) is 15.9 Å². The van der Waals surface area contributed by atoms with Gasteiger partial charge in [-0.05, 0) is 37.9 Å². The van der Waals surface area contributed by atoms with Crippen LogP contribution in [0.2, 0.25) is 0 Å². The molecule has 0 bridgehead atoms. The van der Waals surface area contributed by atoms with Crippen LogP contribution in [0.25, 0.3) is 0 Å². The molecule has 24 heavy (non-hydrogen) atoms. The molecule has 2 aliphatic rings. The van der Waals surface area contributed by atoms with E-state index in [-0.39, 0.29) is 11.9 Å². The number of benzene rings is 1. The molecule has 7 heteroatoms. The lowest BCUT2D eigenvalue weighted by Gasteiger charge is -2.23. The average Bonchev–Trinajstić information content (AvgIpc) is 2.96. The molecule has 1 N–H and O–H groups in total. The van der Waals surface area contributed by atoms with E-state index in [0.29, 0.717) is 43.9 Å². The summed E-state index contributed by atoms with van der Waals surface area (Å²) >= 11 is 0. The average molecular weight is 351 g/mol. The topological polar surface area (TPSA) is 69.7 Å². The maximum Gasteiger partial charge on any atom is 0.243 e. The molecule has 1 atom stereocenters. The van der Waals surface area contributed by atoms with Crippen molar-refractivity contribution in [1.82, 2.24) is 14.5 Å². The molecule has 132 valence electrons. The summed E-state index contributed by atoms with van der Waals surface area (Å²) in [6.45, 7) is 2.91. The van der Waals surface area contributed by atoms with Crippen molar-refractivity contribution in [2.24, 2.45) is 0 Å². The zero-order valence-corrected chi connectivity index (χ0v) is 14.7. The number of hydrogen-bond donors (Lipinski definition) is 1. The van der Waals surface area contributed by atoms with Gasteiger partial charge in [-0.1, -0.05) is 18.2 Å². The van der Waals surface area contributed by atoms with Gasteiger partial charge in [0.15, 0.2) is 0 Å². The highest BCUT2D eigenvalue weighted by Gasteiger charge is 2.29. The van der Waals surface area contributed by atoms with Gasteiger partial charge in [-0.3, -0.25) is 4.79 Å². The number of hydrogen-bond acceptors (Lipinski definition) is 4. The third-order valence-electron chi connectivity index (χ3n) is 4.77. The number of sulfonamides is 1. The summed E-state index contributed by atoms with van der Waals surface area (Å²) in [4.78, 5) is 14.6. The first-order valence-corrected chi connectivity index (χ1v) is 10.1. The van der Waals surface area contributed by atoms with Crippen LogP contribution in [0.15, 0.2) is 35.2 Å². The van der Waals surface area contributed by atoms with Crippen LogP contribution < -0.4 is 5.32 Å². The molecule has 6 nitrogen and oxygen atoms in total. The predicted octanol–water partition coefficient (Wildman–Crippen LogP) is 1.05. The summed E-state index contributed by atoms with van der Waals surface area (Å²) in [5, 5.41) is 3.34. The molecule has 1 aromatic rings. The van der Waals surface area contributed by atoms with E-state index in [4.69, 9.17) is 0 Å². The predicted molar refractivity (Wildman–Crippen MR) is 92.0 cm³/mol. The summed E-state index contributed by atoms with van der Waals surface area (Å²) in [5.74, 6) is 0.133. The fraction of sp³-hybridized carbons (Fsp3) is 0.588. The van der Waals surface area contributed by atoms with Crippen LogP contribution in [0, 0.1) is 0 Å². The van der Waals surface area contributed by atoms with Gasteiger partial charge in [0.05, 0.1) is 4.90 Å². The van der Waals surface area contributed by atoms with Crippen molar-refractivity contribution in [3.8, 4) is 0 Å². The Kier molecular flexibility index (Phi) is 5.53. The van der Waals surface area contributed by atoms with E-state index in [1.54, 1.807) is 30.3 Å². The van der Waals surface area contributed by atoms with Crippen molar-refractivity contribution in [3.63, 3.8) is 0 Å². The van der Waals surface area contributed by atoms with Crippen LogP contribution in [-0.4, -0.2) is 62.3 Å². The van der Waals surface area contributed by atoms with Crippen molar-refractivity contribution in [2.75, 3.05) is 32.7 Å². The molecule has 1 aromatic carbocycles. The molecule has 1 unspecified atom stereocenters. The minimum Gasteiger partial charge on any atom is -0.341 e. The van der Waals surface area contributed by atoms with Gasteiger partial charge in [-0.2, -0.15) is 4.31 Å². The fourth-order valence-corrected chi connectivity index (χ4v) is 4.89. The molecular weight excluding hydrogens is 326 g/mol. The number of rotatable bonds is 4. The normalized spacial score (nSPS) is 23.2. The fourth-order valence-electron chi connectivity index (χ4n) is 3.40. The molecule has 2 aliphatic heterocycles. The number of carbonyl (C=O) groups is 1. The molecular formula is C17H25N3O3S. The van der Waals surface area contributed by atoms with Gasteiger partial charge in [0.1, 0.15) is 0 Å². The Bertz CT molecular complexity index is 657. The Labute approximate surface area is 143 Å². The molecule has 0 radical (unpaired) electrons. The first-order chi connectivity index (χ1) is 11.6. The Morgan fingerprint density at radius 3 is 2.58 bits per heavy atom. The molecule has 3 rings (SSSR count). The van der Waals surface area contributed by atoms with E-state index in [9.17, 15) is 13.2 Å². The lowest BCUT2D eigenvalue weighted by atomic mass is 10.1. The number of nitrogens with one attached hydrogen (secondary N) is 1. The SMILES string of the molecule is O=C(CC1CCCN1)N1CCCN(S(=O)(=O)c2ccccc2)CC1. The summed E-state index contributed by atoms with van der Waals surface area (Å²) in [6.07, 6.45) is 3.37. The van der Waals surface area contributed by atoms with Crippen LogP contribution in [0.3, 0.4) is 0 Å². The van der Waals surface area contributed by atoms with Crippen molar-refractivity contribution in [3.05, 3.63) is 30.3 Å². The van der Waals surface area contributed by atoms with Gasteiger partial charge in [0.25, 0.3) is 0 Å². The zero-order valence-electron chi connectivity index (χ0n) is 13.9. The third-order valence-corrected chi connectivity index (χ3v) is 6.68. The van der Waals surface area contributed by atoms with E-state index in [2.05, 4.69) is 5.32 Å². The lowest BCUT2D eigenvalue weighted by Crippen LogP contribution is -2.39. The zero-order chi connectivity index (χ0) is 17.0. The van der Waals surface area contributed by atoms with Crippen molar-refractivity contribution in [2.45, 2.75) is 36.6 Å². The van der Waals surface area contributed by atoms with E-state index in [0.717, 1.165) is 19.4 Å². The first kappa shape index (κ1) is 17.4. The Balaban J connectivity index is 1.61. The standard InChI is InChI=1S/C17H25N3O3S/c21-17(14-15-6-4-9-18-15)19-10-5-11-20(13-12-19)24(22,23)16-7-2-1-3-8-16/h1-3,7-8,15,18H,4-6,9-14H2. The second kappa shape index (κ2) is 7.63. The van der Waals surface area contributed by atoms with Crippen molar-refractivity contribution in [1.29, 1.82) is 0 Å². The van der Waals surface area contributed by atoms with E-state index in [1.165, 1.54) is 4.31 Å². The van der Waals surface area contributed by atoms with E-state index < -0.39 is 10.0 Å². The van der Waals surface area contributed by atoms with Gasteiger partial charge in [0, 0.05) is 38.6 Å². The summed E-state index contributed by atoms with van der Waals surface area (Å²) in [7, 11) is -3.47. The van der Waals surface area contributed by atoms with E-state index >= 15 is 0 Å². The van der Waals surface area contributed by atoms with Crippen LogP contribution in [0.1, 0.15) is 25.7 Å². The van der Waals surface area contributed by atoms with Gasteiger partial charge < -0.3 is 10.2 Å². The van der Waals surface area contributed by atoms with Crippen LogP contribution in [-0.2, 0) is 14.8 Å². The molecule has 0 saturated carbocycles. The van der Waals surface area contributed by atoms with Gasteiger partial charge >= 0.3 is 0 Å². The van der Waals surface area contributed by atoms with Crippen molar-refractivity contribution < 1.29 is 13.2 Å². The first-order valence-electron chi connectivity index (χ1n) is 8.64. The maximum atomic E-state index is 12.7. The highest BCUT2D eigenvalue weighted by molar-refractivity contribution is 7.89.